The van der Waals surface area contributed by atoms with Crippen molar-refractivity contribution in [1.82, 2.24) is 14.9 Å². The van der Waals surface area contributed by atoms with E-state index in [-0.39, 0.29) is 17.6 Å². The molecule has 1 aliphatic heterocycles. The second kappa shape index (κ2) is 7.66. The highest BCUT2D eigenvalue weighted by Gasteiger charge is 2.28. The molecular weight excluding hydrogens is 341 g/mol. The quantitative estimate of drug-likeness (QED) is 0.699. The number of likely N-dealkylation sites (tertiary alicyclic amines) is 1. The van der Waals surface area contributed by atoms with Crippen LogP contribution in [0, 0.1) is 5.82 Å². The predicted molar refractivity (Wildman–Crippen MR) is 102 cm³/mol. The molecule has 0 saturated carbocycles. The Morgan fingerprint density at radius 3 is 2.52 bits per heavy atom. The van der Waals surface area contributed by atoms with Crippen LogP contribution in [-0.4, -0.2) is 33.9 Å². The fourth-order valence-electron chi connectivity index (χ4n) is 3.63. The second-order valence-corrected chi connectivity index (χ2v) is 6.75. The molecule has 1 aliphatic rings. The minimum Gasteiger partial charge on any atom is -0.338 e. The molecule has 4 rings (SSSR count). The number of benzene rings is 2. The summed E-state index contributed by atoms with van der Waals surface area (Å²) >= 11 is 0. The van der Waals surface area contributed by atoms with Crippen molar-refractivity contribution in [1.29, 1.82) is 0 Å². The molecule has 0 unspecified atom stereocenters. The first kappa shape index (κ1) is 17.3. The topological polar surface area (TPSA) is 46.1 Å². The molecule has 1 aromatic heterocycles. The van der Waals surface area contributed by atoms with Crippen LogP contribution in [0.15, 0.2) is 67.0 Å². The van der Waals surface area contributed by atoms with E-state index < -0.39 is 0 Å². The Labute approximate surface area is 157 Å². The Morgan fingerprint density at radius 2 is 1.74 bits per heavy atom. The standard InChI is InChI=1S/C22H20FN3O/c23-19-10-8-16(9-11-19)20-21(25-13-12-24-20)18-7-4-14-26(15-18)22(27)17-5-2-1-3-6-17/h1-3,5-6,8-13,18H,4,7,14-15H2/t18-/m1/s1. The van der Waals surface area contributed by atoms with E-state index in [0.717, 1.165) is 36.3 Å². The summed E-state index contributed by atoms with van der Waals surface area (Å²) < 4.78 is 13.3. The molecule has 136 valence electrons. The molecule has 2 heterocycles. The third kappa shape index (κ3) is 3.72. The molecule has 3 aromatic rings. The van der Waals surface area contributed by atoms with Crippen molar-refractivity contribution < 1.29 is 9.18 Å². The molecule has 1 fully saturated rings. The van der Waals surface area contributed by atoms with E-state index in [2.05, 4.69) is 9.97 Å². The van der Waals surface area contributed by atoms with E-state index in [0.29, 0.717) is 12.1 Å². The summed E-state index contributed by atoms with van der Waals surface area (Å²) in [6.07, 6.45) is 5.20. The summed E-state index contributed by atoms with van der Waals surface area (Å²) in [6.45, 7) is 1.36. The van der Waals surface area contributed by atoms with E-state index in [4.69, 9.17) is 0 Å². The summed E-state index contributed by atoms with van der Waals surface area (Å²) in [5, 5.41) is 0. The first-order valence-corrected chi connectivity index (χ1v) is 9.13. The lowest BCUT2D eigenvalue weighted by atomic mass is 9.91. The molecule has 2 aromatic carbocycles. The molecule has 4 nitrogen and oxygen atoms in total. The molecule has 0 N–H and O–H groups in total. The Hall–Kier alpha value is -3.08. The van der Waals surface area contributed by atoms with Crippen molar-refractivity contribution in [3.8, 4) is 11.3 Å². The average Bonchev–Trinajstić information content (AvgIpc) is 2.74. The van der Waals surface area contributed by atoms with E-state index in [1.54, 1.807) is 24.5 Å². The van der Waals surface area contributed by atoms with Gasteiger partial charge in [-0.1, -0.05) is 18.2 Å². The van der Waals surface area contributed by atoms with Crippen molar-refractivity contribution in [2.75, 3.05) is 13.1 Å². The van der Waals surface area contributed by atoms with E-state index >= 15 is 0 Å². The van der Waals surface area contributed by atoms with Crippen LogP contribution in [0.4, 0.5) is 4.39 Å². The molecule has 27 heavy (non-hydrogen) atoms. The maximum Gasteiger partial charge on any atom is 0.253 e. The van der Waals surface area contributed by atoms with Gasteiger partial charge in [0.25, 0.3) is 5.91 Å². The lowest BCUT2D eigenvalue weighted by molar-refractivity contribution is 0.0706. The van der Waals surface area contributed by atoms with Gasteiger partial charge in [0.2, 0.25) is 0 Å². The Kier molecular flexibility index (Phi) is 4.92. The highest BCUT2D eigenvalue weighted by Crippen LogP contribution is 2.32. The van der Waals surface area contributed by atoms with Gasteiger partial charge in [0, 0.05) is 42.5 Å². The van der Waals surface area contributed by atoms with Crippen molar-refractivity contribution in [2.45, 2.75) is 18.8 Å². The van der Waals surface area contributed by atoms with E-state index in [1.807, 2.05) is 35.2 Å². The summed E-state index contributed by atoms with van der Waals surface area (Å²) in [5.41, 5.74) is 3.17. The van der Waals surface area contributed by atoms with Crippen molar-refractivity contribution in [3.05, 3.63) is 84.1 Å². The molecule has 0 radical (unpaired) electrons. The van der Waals surface area contributed by atoms with Crippen LogP contribution in [0.5, 0.6) is 0 Å². The van der Waals surface area contributed by atoms with Gasteiger partial charge in [0.1, 0.15) is 5.82 Å². The van der Waals surface area contributed by atoms with E-state index in [9.17, 15) is 9.18 Å². The largest absolute Gasteiger partial charge is 0.338 e. The first-order chi connectivity index (χ1) is 13.2. The summed E-state index contributed by atoms with van der Waals surface area (Å²) in [6, 6.07) is 15.7. The summed E-state index contributed by atoms with van der Waals surface area (Å²) in [5.74, 6) is -0.117. The van der Waals surface area contributed by atoms with Crippen LogP contribution in [-0.2, 0) is 0 Å². The lowest BCUT2D eigenvalue weighted by Gasteiger charge is -2.33. The minimum absolute atomic E-state index is 0.0486. The third-order valence-corrected chi connectivity index (χ3v) is 4.96. The zero-order valence-electron chi connectivity index (χ0n) is 14.9. The van der Waals surface area contributed by atoms with Crippen LogP contribution in [0.2, 0.25) is 0 Å². The Morgan fingerprint density at radius 1 is 1.00 bits per heavy atom. The molecule has 1 atom stereocenters. The van der Waals surface area contributed by atoms with Crippen LogP contribution in [0.3, 0.4) is 0 Å². The smallest absolute Gasteiger partial charge is 0.253 e. The third-order valence-electron chi connectivity index (χ3n) is 4.96. The molecule has 1 amide bonds. The van der Waals surface area contributed by atoms with Crippen LogP contribution in [0.1, 0.15) is 34.8 Å². The van der Waals surface area contributed by atoms with Crippen LogP contribution < -0.4 is 0 Å². The maximum atomic E-state index is 13.3. The first-order valence-electron chi connectivity index (χ1n) is 9.13. The Bertz CT molecular complexity index is 928. The summed E-state index contributed by atoms with van der Waals surface area (Å²) in [4.78, 5) is 23.8. The number of halogens is 1. The van der Waals surface area contributed by atoms with Gasteiger partial charge in [0.05, 0.1) is 11.4 Å². The van der Waals surface area contributed by atoms with Crippen LogP contribution in [0.25, 0.3) is 11.3 Å². The molecule has 0 spiro atoms. The highest BCUT2D eigenvalue weighted by molar-refractivity contribution is 5.94. The average molecular weight is 361 g/mol. The number of hydrogen-bond acceptors (Lipinski definition) is 3. The number of rotatable bonds is 3. The van der Waals surface area contributed by atoms with Gasteiger partial charge in [-0.15, -0.1) is 0 Å². The summed E-state index contributed by atoms with van der Waals surface area (Å²) in [7, 11) is 0. The zero-order valence-corrected chi connectivity index (χ0v) is 14.9. The number of aromatic nitrogens is 2. The van der Waals surface area contributed by atoms with E-state index in [1.165, 1.54) is 12.1 Å². The lowest BCUT2D eigenvalue weighted by Crippen LogP contribution is -2.39. The second-order valence-electron chi connectivity index (χ2n) is 6.75. The molecule has 0 bridgehead atoms. The number of hydrogen-bond donors (Lipinski definition) is 0. The van der Waals surface area contributed by atoms with Crippen molar-refractivity contribution in [2.24, 2.45) is 0 Å². The monoisotopic (exact) mass is 361 g/mol. The Balaban J connectivity index is 1.60. The fraction of sp³-hybridized carbons (Fsp3) is 0.227. The van der Waals surface area contributed by atoms with Crippen molar-refractivity contribution >= 4 is 5.91 Å². The van der Waals surface area contributed by atoms with Gasteiger partial charge in [-0.05, 0) is 49.2 Å². The van der Waals surface area contributed by atoms with Gasteiger partial charge >= 0.3 is 0 Å². The van der Waals surface area contributed by atoms with Crippen molar-refractivity contribution in [3.63, 3.8) is 0 Å². The zero-order chi connectivity index (χ0) is 18.6. The number of amides is 1. The molecule has 1 saturated heterocycles. The molecular formula is C22H20FN3O. The number of piperidine rings is 1. The van der Waals surface area contributed by atoms with Gasteiger partial charge < -0.3 is 4.90 Å². The van der Waals surface area contributed by atoms with Gasteiger partial charge in [-0.2, -0.15) is 0 Å². The predicted octanol–water partition coefficient (Wildman–Crippen LogP) is 4.30. The number of nitrogens with zero attached hydrogens (tertiary/aromatic N) is 3. The van der Waals surface area contributed by atoms with Crippen LogP contribution >= 0.6 is 0 Å². The number of carbonyl (C=O) groups excluding carboxylic acids is 1. The molecule has 5 heteroatoms. The van der Waals surface area contributed by atoms with Gasteiger partial charge in [0.15, 0.2) is 0 Å². The van der Waals surface area contributed by atoms with Gasteiger partial charge in [-0.25, -0.2) is 4.39 Å². The number of carbonyl (C=O) groups is 1. The normalized spacial score (nSPS) is 16.9. The maximum absolute atomic E-state index is 13.3. The minimum atomic E-state index is -0.276. The fourth-order valence-corrected chi connectivity index (χ4v) is 3.63. The highest BCUT2D eigenvalue weighted by atomic mass is 19.1. The van der Waals surface area contributed by atoms with Gasteiger partial charge in [-0.3, -0.25) is 14.8 Å². The SMILES string of the molecule is O=C(c1ccccc1)N1CCC[C@@H](c2nccnc2-c2ccc(F)cc2)C1. The molecule has 0 aliphatic carbocycles.